The monoisotopic (exact) mass is 352 g/mol. The van der Waals surface area contributed by atoms with Crippen LogP contribution in [0.25, 0.3) is 5.65 Å². The molecule has 3 rings (SSSR count). The third kappa shape index (κ3) is 4.14. The Kier molecular flexibility index (Phi) is 5.41. The summed E-state index contributed by atoms with van der Waals surface area (Å²) in [6.45, 7) is 4.41. The number of aryl methyl sites for hydroxylation is 1. The maximum Gasteiger partial charge on any atom is 0.242 e. The predicted molar refractivity (Wildman–Crippen MR) is 102 cm³/mol. The van der Waals surface area contributed by atoms with E-state index in [0.29, 0.717) is 13.0 Å². The topological polar surface area (TPSA) is 67.7 Å². The molecule has 0 fully saturated rings. The van der Waals surface area contributed by atoms with E-state index in [1.165, 1.54) is 5.56 Å². The molecular weight excluding hydrogens is 328 g/mol. The van der Waals surface area contributed by atoms with Crippen molar-refractivity contribution in [3.63, 3.8) is 0 Å². The zero-order valence-electron chi connectivity index (χ0n) is 15.3. The van der Waals surface area contributed by atoms with Gasteiger partial charge in [0.1, 0.15) is 17.4 Å². The number of imidazole rings is 1. The van der Waals surface area contributed by atoms with Gasteiger partial charge in [-0.15, -0.1) is 0 Å². The van der Waals surface area contributed by atoms with E-state index in [2.05, 4.69) is 15.6 Å². The number of carbonyl (C=O) groups is 1. The average Bonchev–Trinajstić information content (AvgIpc) is 3.06. The minimum absolute atomic E-state index is 0.0523. The average molecular weight is 352 g/mol. The van der Waals surface area contributed by atoms with Crippen molar-refractivity contribution in [1.29, 1.82) is 0 Å². The van der Waals surface area contributed by atoms with Crippen molar-refractivity contribution in [2.75, 3.05) is 12.4 Å². The number of hydrogen-bond acceptors (Lipinski definition) is 4. The standard InChI is InChI=1S/C20H24N4O2/c1-4-18(22-15-6-5-7-17(10-15)26-3)20(25)21-11-16-13-24-12-14(2)8-9-19(24)23-16/h5-10,12-13,18,22H,4,11H2,1-3H3,(H,21,25)/t18-/m1/s1. The molecule has 0 aliphatic heterocycles. The summed E-state index contributed by atoms with van der Waals surface area (Å²) in [6, 6.07) is 11.2. The first-order chi connectivity index (χ1) is 12.6. The lowest BCUT2D eigenvalue weighted by Gasteiger charge is -2.18. The number of fused-ring (bicyclic) bond motifs is 1. The fourth-order valence-electron chi connectivity index (χ4n) is 2.81. The van der Waals surface area contributed by atoms with Gasteiger partial charge < -0.3 is 19.8 Å². The number of carbonyl (C=O) groups excluding carboxylic acids is 1. The molecule has 1 atom stereocenters. The molecule has 1 aromatic carbocycles. The normalized spacial score (nSPS) is 12.0. The first-order valence-corrected chi connectivity index (χ1v) is 8.71. The van der Waals surface area contributed by atoms with Crippen molar-refractivity contribution >= 4 is 17.2 Å². The fraction of sp³-hybridized carbons (Fsp3) is 0.300. The summed E-state index contributed by atoms with van der Waals surface area (Å²) in [6.07, 6.45) is 4.64. The lowest BCUT2D eigenvalue weighted by atomic mass is 10.2. The highest BCUT2D eigenvalue weighted by atomic mass is 16.5. The maximum atomic E-state index is 12.5. The Balaban J connectivity index is 1.62. The van der Waals surface area contributed by atoms with E-state index >= 15 is 0 Å². The van der Waals surface area contributed by atoms with Crippen LogP contribution in [0, 0.1) is 6.92 Å². The zero-order chi connectivity index (χ0) is 18.5. The molecule has 0 bridgehead atoms. The second-order valence-corrected chi connectivity index (χ2v) is 6.26. The third-order valence-electron chi connectivity index (χ3n) is 4.23. The van der Waals surface area contributed by atoms with Crippen LogP contribution in [-0.2, 0) is 11.3 Å². The van der Waals surface area contributed by atoms with Crippen LogP contribution in [0.4, 0.5) is 5.69 Å². The number of benzene rings is 1. The lowest BCUT2D eigenvalue weighted by molar-refractivity contribution is -0.122. The van der Waals surface area contributed by atoms with Gasteiger partial charge in [0, 0.05) is 24.1 Å². The van der Waals surface area contributed by atoms with Gasteiger partial charge in [-0.05, 0) is 37.1 Å². The number of pyridine rings is 1. The summed E-state index contributed by atoms with van der Waals surface area (Å²) in [4.78, 5) is 17.1. The van der Waals surface area contributed by atoms with Gasteiger partial charge in [-0.2, -0.15) is 0 Å². The molecule has 2 aromatic heterocycles. The van der Waals surface area contributed by atoms with E-state index in [4.69, 9.17) is 4.74 Å². The van der Waals surface area contributed by atoms with Crippen LogP contribution in [0.1, 0.15) is 24.6 Å². The largest absolute Gasteiger partial charge is 0.497 e. The van der Waals surface area contributed by atoms with E-state index in [1.54, 1.807) is 7.11 Å². The second-order valence-electron chi connectivity index (χ2n) is 6.26. The highest BCUT2D eigenvalue weighted by molar-refractivity contribution is 5.84. The van der Waals surface area contributed by atoms with Gasteiger partial charge in [-0.25, -0.2) is 4.98 Å². The van der Waals surface area contributed by atoms with Crippen LogP contribution in [0.2, 0.25) is 0 Å². The Hall–Kier alpha value is -3.02. The summed E-state index contributed by atoms with van der Waals surface area (Å²) < 4.78 is 7.20. The Morgan fingerprint density at radius 1 is 1.27 bits per heavy atom. The molecule has 6 heteroatoms. The van der Waals surface area contributed by atoms with Crippen LogP contribution in [0.3, 0.4) is 0 Å². The summed E-state index contributed by atoms with van der Waals surface area (Å²) in [5.74, 6) is 0.703. The van der Waals surface area contributed by atoms with E-state index in [1.807, 2.05) is 67.0 Å². The Morgan fingerprint density at radius 2 is 2.12 bits per heavy atom. The summed E-state index contributed by atoms with van der Waals surface area (Å²) >= 11 is 0. The molecule has 3 aromatic rings. The summed E-state index contributed by atoms with van der Waals surface area (Å²) in [5, 5.41) is 6.22. The van der Waals surface area contributed by atoms with Crippen LogP contribution >= 0.6 is 0 Å². The van der Waals surface area contributed by atoms with Crippen molar-refractivity contribution in [2.45, 2.75) is 32.9 Å². The molecule has 2 heterocycles. The summed E-state index contributed by atoms with van der Waals surface area (Å²) in [7, 11) is 1.62. The lowest BCUT2D eigenvalue weighted by Crippen LogP contribution is -2.38. The number of amides is 1. The van der Waals surface area contributed by atoms with E-state index < -0.39 is 0 Å². The fourth-order valence-corrected chi connectivity index (χ4v) is 2.81. The minimum Gasteiger partial charge on any atom is -0.497 e. The van der Waals surface area contributed by atoms with E-state index in [9.17, 15) is 4.79 Å². The number of methoxy groups -OCH3 is 1. The number of nitrogens with one attached hydrogen (secondary N) is 2. The Labute approximate surface area is 153 Å². The second kappa shape index (κ2) is 7.91. The molecular formula is C20H24N4O2. The van der Waals surface area contributed by atoms with E-state index in [0.717, 1.165) is 22.8 Å². The van der Waals surface area contributed by atoms with Gasteiger partial charge in [-0.1, -0.05) is 19.1 Å². The molecule has 6 nitrogen and oxygen atoms in total. The van der Waals surface area contributed by atoms with Gasteiger partial charge in [0.15, 0.2) is 0 Å². The minimum atomic E-state index is -0.318. The van der Waals surface area contributed by atoms with Gasteiger partial charge in [0.25, 0.3) is 0 Å². The Bertz CT molecular complexity index is 904. The van der Waals surface area contributed by atoms with Crippen molar-refractivity contribution in [3.8, 4) is 5.75 Å². The quantitative estimate of drug-likeness (QED) is 0.685. The van der Waals surface area contributed by atoms with Gasteiger partial charge >= 0.3 is 0 Å². The number of rotatable bonds is 7. The molecule has 1 amide bonds. The first-order valence-electron chi connectivity index (χ1n) is 8.71. The maximum absolute atomic E-state index is 12.5. The molecule has 2 N–H and O–H groups in total. The molecule has 0 aliphatic rings. The van der Waals surface area contributed by atoms with Crippen molar-refractivity contribution in [1.82, 2.24) is 14.7 Å². The smallest absolute Gasteiger partial charge is 0.242 e. The van der Waals surface area contributed by atoms with Crippen LogP contribution in [0.5, 0.6) is 5.75 Å². The summed E-state index contributed by atoms with van der Waals surface area (Å²) in [5.41, 5.74) is 3.73. The molecule has 0 spiro atoms. The zero-order valence-corrected chi connectivity index (χ0v) is 15.3. The van der Waals surface area contributed by atoms with Gasteiger partial charge in [0.2, 0.25) is 5.91 Å². The Morgan fingerprint density at radius 3 is 2.88 bits per heavy atom. The molecule has 0 saturated carbocycles. The predicted octanol–water partition coefficient (Wildman–Crippen LogP) is 3.16. The number of nitrogens with zero attached hydrogens (tertiary/aromatic N) is 2. The molecule has 26 heavy (non-hydrogen) atoms. The molecule has 0 saturated heterocycles. The SMILES string of the molecule is CC[C@@H](Nc1cccc(OC)c1)C(=O)NCc1cn2cc(C)ccc2n1. The number of hydrogen-bond donors (Lipinski definition) is 2. The molecule has 0 radical (unpaired) electrons. The van der Waals surface area contributed by atoms with Gasteiger partial charge in [0.05, 0.1) is 19.3 Å². The number of ether oxygens (including phenoxy) is 1. The molecule has 0 unspecified atom stereocenters. The molecule has 136 valence electrons. The van der Waals surface area contributed by atoms with Gasteiger partial charge in [-0.3, -0.25) is 4.79 Å². The number of aromatic nitrogens is 2. The van der Waals surface area contributed by atoms with Crippen LogP contribution in [0.15, 0.2) is 48.8 Å². The van der Waals surface area contributed by atoms with Crippen molar-refractivity contribution < 1.29 is 9.53 Å². The van der Waals surface area contributed by atoms with Crippen LogP contribution < -0.4 is 15.4 Å². The first kappa shape index (κ1) is 17.8. The molecule has 0 aliphatic carbocycles. The third-order valence-corrected chi connectivity index (χ3v) is 4.23. The number of anilines is 1. The highest BCUT2D eigenvalue weighted by Crippen LogP contribution is 2.18. The van der Waals surface area contributed by atoms with E-state index in [-0.39, 0.29) is 11.9 Å². The van der Waals surface area contributed by atoms with Crippen LogP contribution in [-0.4, -0.2) is 28.4 Å². The van der Waals surface area contributed by atoms with Crippen molar-refractivity contribution in [2.24, 2.45) is 0 Å². The highest BCUT2D eigenvalue weighted by Gasteiger charge is 2.16. The van der Waals surface area contributed by atoms with Crippen molar-refractivity contribution in [3.05, 3.63) is 60.0 Å².